The lowest BCUT2D eigenvalue weighted by molar-refractivity contribution is -0.180. The van der Waals surface area contributed by atoms with Gasteiger partial charge in [-0.2, -0.15) is 13.2 Å². The molecule has 0 amide bonds. The molecule has 1 aliphatic rings. The highest BCUT2D eigenvalue weighted by Gasteiger charge is 2.41. The van der Waals surface area contributed by atoms with Crippen molar-refractivity contribution in [3.8, 4) is 17.2 Å². The summed E-state index contributed by atoms with van der Waals surface area (Å²) in [5, 5.41) is 0.293. The molecule has 24 heavy (non-hydrogen) atoms. The molecule has 1 atom stereocenters. The van der Waals surface area contributed by atoms with Crippen molar-refractivity contribution in [2.45, 2.75) is 17.2 Å². The molecule has 0 aromatic heterocycles. The highest BCUT2D eigenvalue weighted by Crippen LogP contribution is 2.40. The molecule has 0 unspecified atom stereocenters. The Morgan fingerprint density at radius 1 is 1.17 bits per heavy atom. The number of halogens is 4. The average Bonchev–Trinajstić information content (AvgIpc) is 2.55. The largest absolute Gasteiger partial charge is 0.476 e. The van der Waals surface area contributed by atoms with Crippen molar-refractivity contribution in [1.82, 2.24) is 0 Å². The van der Waals surface area contributed by atoms with E-state index in [1.54, 1.807) is 23.9 Å². The summed E-state index contributed by atoms with van der Waals surface area (Å²) in [5.74, 6) is 0.858. The van der Waals surface area contributed by atoms with Gasteiger partial charge < -0.3 is 9.47 Å². The maximum absolute atomic E-state index is 12.8. The van der Waals surface area contributed by atoms with Crippen LogP contribution in [0, 0.1) is 0 Å². The second-order valence-electron chi connectivity index (χ2n) is 5.04. The Balaban J connectivity index is 1.87. The molecule has 0 aliphatic carbocycles. The van der Waals surface area contributed by atoms with E-state index < -0.39 is 12.3 Å². The molecule has 0 spiro atoms. The van der Waals surface area contributed by atoms with Gasteiger partial charge in [0.05, 0.1) is 5.02 Å². The van der Waals surface area contributed by atoms with Crippen LogP contribution in [0.5, 0.6) is 17.2 Å². The van der Waals surface area contributed by atoms with E-state index in [2.05, 4.69) is 0 Å². The van der Waals surface area contributed by atoms with Gasteiger partial charge in [-0.1, -0.05) is 17.7 Å². The van der Waals surface area contributed by atoms with Gasteiger partial charge in [-0.25, -0.2) is 0 Å². The molecule has 1 heterocycles. The van der Waals surface area contributed by atoms with Crippen LogP contribution in [-0.2, 0) is 0 Å². The van der Waals surface area contributed by atoms with Crippen molar-refractivity contribution in [2.24, 2.45) is 0 Å². The van der Waals surface area contributed by atoms with E-state index in [9.17, 15) is 13.2 Å². The molecule has 0 fully saturated rings. The molecule has 0 radical (unpaired) electrons. The van der Waals surface area contributed by atoms with Gasteiger partial charge in [-0.3, -0.25) is 0 Å². The number of thioether (sulfide) groups is 1. The molecule has 0 saturated carbocycles. The van der Waals surface area contributed by atoms with Gasteiger partial charge in [0.25, 0.3) is 0 Å². The van der Waals surface area contributed by atoms with E-state index >= 15 is 0 Å². The van der Waals surface area contributed by atoms with Crippen molar-refractivity contribution in [1.29, 1.82) is 0 Å². The normalized spacial score (nSPS) is 16.5. The van der Waals surface area contributed by atoms with E-state index in [-0.39, 0.29) is 11.5 Å². The molecule has 3 rings (SSSR count). The van der Waals surface area contributed by atoms with Crippen molar-refractivity contribution in [3.63, 3.8) is 0 Å². The minimum Gasteiger partial charge on any atom is -0.476 e. The molecular formula is C17H12ClF3O2S. The predicted molar refractivity (Wildman–Crippen MR) is 89.3 cm³/mol. The number of benzene rings is 2. The van der Waals surface area contributed by atoms with Crippen molar-refractivity contribution >= 4 is 29.4 Å². The van der Waals surface area contributed by atoms with Gasteiger partial charge in [-0.05, 0) is 42.7 Å². The third-order valence-electron chi connectivity index (χ3n) is 3.38. The highest BCUT2D eigenvalue weighted by atomic mass is 35.5. The zero-order valence-electron chi connectivity index (χ0n) is 12.4. The molecule has 2 aromatic rings. The van der Waals surface area contributed by atoms with Crippen molar-refractivity contribution in [2.75, 3.05) is 6.26 Å². The Kier molecular flexibility index (Phi) is 4.69. The second-order valence-corrected chi connectivity index (χ2v) is 6.32. The van der Waals surface area contributed by atoms with Crippen LogP contribution in [0.2, 0.25) is 5.02 Å². The second kappa shape index (κ2) is 6.61. The Labute approximate surface area is 146 Å². The van der Waals surface area contributed by atoms with Crippen LogP contribution in [0.25, 0.3) is 6.08 Å². The number of hydrogen-bond acceptors (Lipinski definition) is 3. The zero-order valence-corrected chi connectivity index (χ0v) is 14.0. The predicted octanol–water partition coefficient (Wildman–Crippen LogP) is 6.19. The summed E-state index contributed by atoms with van der Waals surface area (Å²) in [6.07, 6.45) is -2.18. The summed E-state index contributed by atoms with van der Waals surface area (Å²) in [6, 6.07) is 10.2. The molecule has 2 nitrogen and oxygen atoms in total. The Bertz CT molecular complexity index is 773. The monoisotopic (exact) mass is 372 g/mol. The van der Waals surface area contributed by atoms with Gasteiger partial charge in [0.15, 0.2) is 0 Å². The zero-order chi connectivity index (χ0) is 17.3. The number of fused-ring (bicyclic) bond motifs is 1. The minimum atomic E-state index is -4.47. The van der Waals surface area contributed by atoms with Gasteiger partial charge in [-0.15, -0.1) is 11.8 Å². The topological polar surface area (TPSA) is 18.5 Å². The van der Waals surface area contributed by atoms with Gasteiger partial charge >= 0.3 is 6.18 Å². The van der Waals surface area contributed by atoms with Crippen LogP contribution in [0.15, 0.2) is 47.4 Å². The molecular weight excluding hydrogens is 361 g/mol. The number of rotatable bonds is 3. The molecule has 1 aliphatic heterocycles. The standard InChI is InChI=1S/C17H12ClF3O2S/c1-24-12-5-3-11(4-6-12)22-15-9-14-10(8-13(15)18)2-7-16(23-14)17(19,20)21/h2-9,16H,1H3/t16-/m0/s1. The third kappa shape index (κ3) is 3.65. The maximum Gasteiger partial charge on any atom is 0.429 e. The van der Waals surface area contributed by atoms with Crippen LogP contribution < -0.4 is 9.47 Å². The van der Waals surface area contributed by atoms with Crippen LogP contribution in [0.1, 0.15) is 5.56 Å². The summed E-state index contributed by atoms with van der Waals surface area (Å²) in [4.78, 5) is 1.07. The smallest absolute Gasteiger partial charge is 0.429 e. The summed E-state index contributed by atoms with van der Waals surface area (Å²) in [6.45, 7) is 0. The third-order valence-corrected chi connectivity index (χ3v) is 4.42. The first-order valence-corrected chi connectivity index (χ1v) is 8.54. The summed E-state index contributed by atoms with van der Waals surface area (Å²) < 4.78 is 49.1. The van der Waals surface area contributed by atoms with E-state index in [0.717, 1.165) is 11.0 Å². The number of hydrogen-bond donors (Lipinski definition) is 0. The quantitative estimate of drug-likeness (QED) is 0.598. The fourth-order valence-electron chi connectivity index (χ4n) is 2.17. The van der Waals surface area contributed by atoms with Crippen molar-refractivity contribution < 1.29 is 22.6 Å². The summed E-state index contributed by atoms with van der Waals surface area (Å²) in [5.41, 5.74) is 0.477. The molecule has 0 saturated heterocycles. The number of ether oxygens (including phenoxy) is 2. The minimum absolute atomic E-state index is 0.0833. The lowest BCUT2D eigenvalue weighted by Crippen LogP contribution is -2.33. The van der Waals surface area contributed by atoms with E-state index in [1.807, 2.05) is 18.4 Å². The first-order chi connectivity index (χ1) is 11.4. The molecule has 2 aromatic carbocycles. The molecule has 7 heteroatoms. The lowest BCUT2D eigenvalue weighted by Gasteiger charge is -2.24. The fraction of sp³-hybridized carbons (Fsp3) is 0.176. The first kappa shape index (κ1) is 17.0. The summed E-state index contributed by atoms with van der Waals surface area (Å²) >= 11 is 7.75. The SMILES string of the molecule is CSc1ccc(Oc2cc3c(cc2Cl)C=C[C@@H](C(F)(F)F)O3)cc1. The van der Waals surface area contributed by atoms with Crippen LogP contribution in [0.4, 0.5) is 13.2 Å². The maximum atomic E-state index is 12.8. The Morgan fingerprint density at radius 2 is 1.88 bits per heavy atom. The molecule has 0 bridgehead atoms. The Hall–Kier alpha value is -1.79. The van der Waals surface area contributed by atoms with Crippen LogP contribution in [-0.4, -0.2) is 18.5 Å². The van der Waals surface area contributed by atoms with Crippen LogP contribution in [0.3, 0.4) is 0 Å². The van der Waals surface area contributed by atoms with Gasteiger partial charge in [0.2, 0.25) is 6.10 Å². The van der Waals surface area contributed by atoms with Crippen LogP contribution >= 0.6 is 23.4 Å². The molecule has 126 valence electrons. The molecule has 0 N–H and O–H groups in total. The van der Waals surface area contributed by atoms with E-state index in [0.29, 0.717) is 16.3 Å². The van der Waals surface area contributed by atoms with Gasteiger partial charge in [0, 0.05) is 16.5 Å². The van der Waals surface area contributed by atoms with E-state index in [4.69, 9.17) is 21.1 Å². The number of alkyl halides is 3. The lowest BCUT2D eigenvalue weighted by atomic mass is 10.1. The highest BCUT2D eigenvalue weighted by molar-refractivity contribution is 7.98. The van der Waals surface area contributed by atoms with Gasteiger partial charge in [0.1, 0.15) is 17.2 Å². The fourth-order valence-corrected chi connectivity index (χ4v) is 2.79. The average molecular weight is 373 g/mol. The van der Waals surface area contributed by atoms with Crippen molar-refractivity contribution in [3.05, 3.63) is 53.1 Å². The Morgan fingerprint density at radius 3 is 2.50 bits per heavy atom. The summed E-state index contributed by atoms with van der Waals surface area (Å²) in [7, 11) is 0. The van der Waals surface area contributed by atoms with E-state index in [1.165, 1.54) is 18.2 Å². The first-order valence-electron chi connectivity index (χ1n) is 6.94.